The Balaban J connectivity index is 1.62. The molecule has 3 nitrogen and oxygen atoms in total. The van der Waals surface area contributed by atoms with Crippen LogP contribution in [0.1, 0.15) is 49.3 Å². The fourth-order valence-corrected chi connectivity index (χ4v) is 4.28. The third kappa shape index (κ3) is 3.85. The van der Waals surface area contributed by atoms with E-state index in [-0.39, 0.29) is 11.8 Å². The molecule has 2 aromatic carbocycles. The molecule has 1 aliphatic carbocycles. The highest BCUT2D eigenvalue weighted by Gasteiger charge is 2.38. The van der Waals surface area contributed by atoms with Crippen LogP contribution in [0.5, 0.6) is 0 Å². The molecule has 0 spiro atoms. The van der Waals surface area contributed by atoms with E-state index in [4.69, 9.17) is 4.74 Å². The van der Waals surface area contributed by atoms with Crippen LogP contribution in [0.15, 0.2) is 83.8 Å². The van der Waals surface area contributed by atoms with Gasteiger partial charge in [-0.2, -0.15) is 0 Å². The summed E-state index contributed by atoms with van der Waals surface area (Å²) in [6.45, 7) is 2.42. The first-order chi connectivity index (χ1) is 13.7. The largest absolute Gasteiger partial charge is 0.508 e. The lowest BCUT2D eigenvalue weighted by Crippen LogP contribution is -2.22. The van der Waals surface area contributed by atoms with Gasteiger partial charge in [0.1, 0.15) is 18.1 Å². The molecule has 4 rings (SSSR count). The highest BCUT2D eigenvalue weighted by molar-refractivity contribution is 5.38. The first-order valence-electron chi connectivity index (χ1n) is 10.2. The number of ether oxygens (including phenoxy) is 1. The quantitative estimate of drug-likeness (QED) is 0.655. The second kappa shape index (κ2) is 8.24. The Bertz CT molecular complexity index is 850. The Morgan fingerprint density at radius 3 is 2.11 bits per heavy atom. The molecule has 1 fully saturated rings. The predicted octanol–water partition coefficient (Wildman–Crippen LogP) is 5.67. The van der Waals surface area contributed by atoms with Crippen molar-refractivity contribution in [3.63, 3.8) is 0 Å². The van der Waals surface area contributed by atoms with Crippen molar-refractivity contribution in [1.29, 1.82) is 0 Å². The lowest BCUT2D eigenvalue weighted by atomic mass is 9.84. The van der Waals surface area contributed by atoms with E-state index in [1.165, 1.54) is 18.4 Å². The molecular weight excluding hydrogens is 348 g/mol. The number of benzene rings is 2. The minimum absolute atomic E-state index is 0.179. The van der Waals surface area contributed by atoms with Crippen molar-refractivity contribution in [3.8, 4) is 0 Å². The normalized spacial score (nSPS) is 20.1. The molecule has 2 aliphatic rings. The molecule has 3 atom stereocenters. The summed E-state index contributed by atoms with van der Waals surface area (Å²) < 4.78 is 6.12. The summed E-state index contributed by atoms with van der Waals surface area (Å²) in [4.78, 5) is 0. The van der Waals surface area contributed by atoms with Crippen LogP contribution in [0.25, 0.3) is 0 Å². The Labute approximate surface area is 167 Å². The minimum Gasteiger partial charge on any atom is -0.508 e. The monoisotopic (exact) mass is 376 g/mol. The molecule has 0 unspecified atom stereocenters. The maximum atomic E-state index is 10.9. The Kier molecular flexibility index (Phi) is 5.54. The summed E-state index contributed by atoms with van der Waals surface area (Å²) in [7, 11) is 0. The molecule has 0 amide bonds. The van der Waals surface area contributed by atoms with E-state index < -0.39 is 6.10 Å². The van der Waals surface area contributed by atoms with Gasteiger partial charge in [-0.1, -0.05) is 67.6 Å². The topological polar surface area (TPSA) is 49.7 Å². The Morgan fingerprint density at radius 1 is 0.964 bits per heavy atom. The van der Waals surface area contributed by atoms with Crippen molar-refractivity contribution in [2.24, 2.45) is 11.8 Å². The van der Waals surface area contributed by atoms with Crippen molar-refractivity contribution < 1.29 is 14.9 Å². The van der Waals surface area contributed by atoms with E-state index in [9.17, 15) is 10.2 Å². The van der Waals surface area contributed by atoms with Gasteiger partial charge in [0.05, 0.1) is 6.10 Å². The molecule has 146 valence electrons. The maximum absolute atomic E-state index is 10.9. The fraction of sp³-hybridized carbons (Fsp3) is 0.360. The first kappa shape index (κ1) is 18.8. The second-order valence-corrected chi connectivity index (χ2v) is 7.84. The number of hydrogen-bond acceptors (Lipinski definition) is 3. The highest BCUT2D eigenvalue weighted by Crippen LogP contribution is 2.48. The van der Waals surface area contributed by atoms with Gasteiger partial charge in [-0.25, -0.2) is 0 Å². The van der Waals surface area contributed by atoms with Crippen molar-refractivity contribution in [1.82, 2.24) is 0 Å². The first-order valence-corrected chi connectivity index (χ1v) is 10.2. The zero-order chi connectivity index (χ0) is 19.5. The standard InChI is InChI=1S/C25H28O3/c1-2-20(25(27)19-11-7-4-8-12-19)23-15-22(26)21(16-28-23)24(18-13-14-18)17-9-5-3-6-10-17/h3-12,15,18,20,24-27H,2,13-14,16H2,1H3/t20-,24-,25+/m0/s1. The maximum Gasteiger partial charge on any atom is 0.122 e. The van der Waals surface area contributed by atoms with Crippen LogP contribution in [0.4, 0.5) is 0 Å². The smallest absolute Gasteiger partial charge is 0.122 e. The van der Waals surface area contributed by atoms with Gasteiger partial charge in [-0.05, 0) is 36.3 Å². The zero-order valence-corrected chi connectivity index (χ0v) is 16.3. The number of hydrogen-bond donors (Lipinski definition) is 2. The van der Waals surface area contributed by atoms with E-state index in [1.54, 1.807) is 6.08 Å². The van der Waals surface area contributed by atoms with E-state index in [1.807, 2.05) is 43.3 Å². The summed E-state index contributed by atoms with van der Waals surface area (Å²) in [6, 6.07) is 20.0. The second-order valence-electron chi connectivity index (χ2n) is 7.84. The zero-order valence-electron chi connectivity index (χ0n) is 16.3. The molecule has 3 heteroatoms. The number of allylic oxidation sites excluding steroid dienone is 1. The van der Waals surface area contributed by atoms with Crippen molar-refractivity contribution in [2.75, 3.05) is 6.61 Å². The highest BCUT2D eigenvalue weighted by atomic mass is 16.5. The summed E-state index contributed by atoms with van der Waals surface area (Å²) in [5.74, 6) is 1.58. The molecular formula is C25H28O3. The van der Waals surface area contributed by atoms with Crippen LogP contribution >= 0.6 is 0 Å². The average Bonchev–Trinajstić information content (AvgIpc) is 3.57. The van der Waals surface area contributed by atoms with Gasteiger partial charge in [0, 0.05) is 23.5 Å². The lowest BCUT2D eigenvalue weighted by molar-refractivity contribution is 0.0746. The lowest BCUT2D eigenvalue weighted by Gasteiger charge is -2.30. The average molecular weight is 376 g/mol. The molecule has 1 heterocycles. The third-order valence-electron chi connectivity index (χ3n) is 5.96. The van der Waals surface area contributed by atoms with Gasteiger partial charge >= 0.3 is 0 Å². The Morgan fingerprint density at radius 2 is 1.57 bits per heavy atom. The summed E-state index contributed by atoms with van der Waals surface area (Å²) >= 11 is 0. The van der Waals surface area contributed by atoms with E-state index in [0.717, 1.165) is 17.6 Å². The SMILES string of the molecule is CC[C@@H](C1=CC(O)=C([C@@H](c2ccccc2)C2CC2)CO1)[C@H](O)c1ccccc1. The van der Waals surface area contributed by atoms with Crippen LogP contribution in [0, 0.1) is 11.8 Å². The van der Waals surface area contributed by atoms with Crippen molar-refractivity contribution in [3.05, 3.63) is 95.0 Å². The molecule has 0 radical (unpaired) electrons. The number of rotatable bonds is 7. The van der Waals surface area contributed by atoms with E-state index >= 15 is 0 Å². The molecule has 2 N–H and O–H groups in total. The van der Waals surface area contributed by atoms with Crippen LogP contribution in [-0.2, 0) is 4.74 Å². The molecule has 0 aromatic heterocycles. The van der Waals surface area contributed by atoms with Crippen LogP contribution < -0.4 is 0 Å². The fourth-order valence-electron chi connectivity index (χ4n) is 4.28. The van der Waals surface area contributed by atoms with E-state index in [2.05, 4.69) is 24.3 Å². The Hall–Kier alpha value is -2.52. The van der Waals surface area contributed by atoms with Gasteiger partial charge in [0.25, 0.3) is 0 Å². The van der Waals surface area contributed by atoms with Crippen LogP contribution in [-0.4, -0.2) is 16.8 Å². The van der Waals surface area contributed by atoms with Crippen molar-refractivity contribution >= 4 is 0 Å². The van der Waals surface area contributed by atoms with Gasteiger partial charge in [-0.15, -0.1) is 0 Å². The number of aliphatic hydroxyl groups excluding tert-OH is 2. The number of aliphatic hydroxyl groups is 2. The van der Waals surface area contributed by atoms with Crippen LogP contribution in [0.2, 0.25) is 0 Å². The van der Waals surface area contributed by atoms with Gasteiger partial charge in [-0.3, -0.25) is 0 Å². The summed E-state index contributed by atoms with van der Waals surface area (Å²) in [6.07, 6.45) is 4.20. The molecule has 2 aromatic rings. The van der Waals surface area contributed by atoms with Crippen LogP contribution in [0.3, 0.4) is 0 Å². The molecule has 0 saturated heterocycles. The third-order valence-corrected chi connectivity index (χ3v) is 5.96. The molecule has 1 saturated carbocycles. The van der Waals surface area contributed by atoms with Gasteiger partial charge < -0.3 is 14.9 Å². The predicted molar refractivity (Wildman–Crippen MR) is 111 cm³/mol. The van der Waals surface area contributed by atoms with E-state index in [0.29, 0.717) is 24.0 Å². The summed E-state index contributed by atoms with van der Waals surface area (Å²) in [5.41, 5.74) is 3.07. The summed E-state index contributed by atoms with van der Waals surface area (Å²) in [5, 5.41) is 21.7. The molecule has 0 bridgehead atoms. The van der Waals surface area contributed by atoms with Crippen molar-refractivity contribution in [2.45, 2.75) is 38.2 Å². The molecule has 28 heavy (non-hydrogen) atoms. The minimum atomic E-state index is -0.653. The molecule has 1 aliphatic heterocycles. The van der Waals surface area contributed by atoms with Gasteiger partial charge in [0.15, 0.2) is 0 Å². The van der Waals surface area contributed by atoms with Gasteiger partial charge in [0.2, 0.25) is 0 Å².